The number of anilines is 2. The van der Waals surface area contributed by atoms with Gasteiger partial charge in [0.25, 0.3) is 5.91 Å². The molecule has 39 heavy (non-hydrogen) atoms. The summed E-state index contributed by atoms with van der Waals surface area (Å²) < 4.78 is 36.0. The maximum atomic E-state index is 15.3. The molecule has 1 atom stereocenters. The zero-order chi connectivity index (χ0) is 26.9. The van der Waals surface area contributed by atoms with Crippen LogP contribution in [0.3, 0.4) is 0 Å². The highest BCUT2D eigenvalue weighted by molar-refractivity contribution is 5.97. The highest BCUT2D eigenvalue weighted by Gasteiger charge is 2.35. The van der Waals surface area contributed by atoms with E-state index in [2.05, 4.69) is 21.4 Å². The molecule has 4 heterocycles. The molecule has 2 aromatic carbocycles. The lowest BCUT2D eigenvalue weighted by atomic mass is 10.1. The number of nitrogens with zero attached hydrogens (tertiary/aromatic N) is 5. The van der Waals surface area contributed by atoms with E-state index in [-0.39, 0.29) is 43.5 Å². The lowest BCUT2D eigenvalue weighted by Gasteiger charge is -2.25. The second-order valence-electron chi connectivity index (χ2n) is 9.37. The zero-order valence-corrected chi connectivity index (χ0v) is 20.8. The fraction of sp³-hybridized carbons (Fsp3) is 0.269. The quantitative estimate of drug-likeness (QED) is 0.452. The molecule has 0 aliphatic carbocycles. The standard InChI is InChI=1S/C26H26F2N8O3/c27-21-12-19(35-16-20(39-26(35)38)15-34-8-5-30-32-34)13-22(28)24(21)33-7-6-31-36(10-9-33)25(37)18-11-17-3-1-2-4-23(17)29-14-18/h1-5,8,11-14,20,30-32H,6-7,9-10,15-16H2/t20-/m0/s1. The number of nitrogens with one attached hydrogen (secondary N) is 3. The van der Waals surface area contributed by atoms with Crippen LogP contribution in [0.5, 0.6) is 0 Å². The number of hydrazine groups is 3. The van der Waals surface area contributed by atoms with Crippen LogP contribution in [0.2, 0.25) is 0 Å². The molecule has 13 heteroatoms. The average Bonchev–Trinajstić information content (AvgIpc) is 3.50. The normalized spacial score (nSPS) is 19.4. The number of hydrogen-bond acceptors (Lipinski definition) is 9. The highest BCUT2D eigenvalue weighted by atomic mass is 19.1. The monoisotopic (exact) mass is 536 g/mol. The Labute approximate surface area is 222 Å². The van der Waals surface area contributed by atoms with E-state index >= 15 is 8.78 Å². The molecular formula is C26H26F2N8O3. The number of rotatable bonds is 5. The molecule has 2 amide bonds. The number of aromatic nitrogens is 1. The largest absolute Gasteiger partial charge is 0.442 e. The Balaban J connectivity index is 1.14. The van der Waals surface area contributed by atoms with Crippen molar-refractivity contribution in [3.8, 4) is 0 Å². The van der Waals surface area contributed by atoms with E-state index in [4.69, 9.17) is 4.74 Å². The summed E-state index contributed by atoms with van der Waals surface area (Å²) in [6, 6.07) is 11.6. The van der Waals surface area contributed by atoms with Crippen LogP contribution in [0.4, 0.5) is 25.0 Å². The molecule has 1 aromatic heterocycles. The van der Waals surface area contributed by atoms with Crippen molar-refractivity contribution in [1.82, 2.24) is 31.4 Å². The molecule has 3 aliphatic rings. The van der Waals surface area contributed by atoms with Crippen LogP contribution in [0.25, 0.3) is 10.9 Å². The van der Waals surface area contributed by atoms with E-state index in [9.17, 15) is 9.59 Å². The second kappa shape index (κ2) is 10.3. The van der Waals surface area contributed by atoms with Gasteiger partial charge in [-0.15, -0.1) is 5.53 Å². The van der Waals surface area contributed by atoms with Crippen LogP contribution in [-0.4, -0.2) is 72.4 Å². The van der Waals surface area contributed by atoms with E-state index < -0.39 is 23.8 Å². The first kappa shape index (κ1) is 24.8. The van der Waals surface area contributed by atoms with Crippen molar-refractivity contribution < 1.29 is 23.1 Å². The Morgan fingerprint density at radius 3 is 2.72 bits per heavy atom. The van der Waals surface area contributed by atoms with Gasteiger partial charge in [-0.1, -0.05) is 18.2 Å². The molecule has 3 N–H and O–H groups in total. The zero-order valence-electron chi connectivity index (χ0n) is 20.8. The van der Waals surface area contributed by atoms with Gasteiger partial charge in [-0.05, 0) is 12.1 Å². The Kier molecular flexibility index (Phi) is 6.59. The van der Waals surface area contributed by atoms with Crippen molar-refractivity contribution in [3.05, 3.63) is 78.3 Å². The van der Waals surface area contributed by atoms with Gasteiger partial charge in [-0.25, -0.2) is 19.0 Å². The first-order chi connectivity index (χ1) is 19.0. The minimum absolute atomic E-state index is 0.0813. The van der Waals surface area contributed by atoms with Gasteiger partial charge in [-0.2, -0.15) is 0 Å². The molecular weight excluding hydrogens is 510 g/mol. The molecule has 3 aromatic rings. The molecule has 202 valence electrons. The summed E-state index contributed by atoms with van der Waals surface area (Å²) in [7, 11) is 0. The SMILES string of the molecule is O=C(c1cnc2ccccc2c1)N1CCN(c2c(F)cc(N3C[C@H](CN4C=CNN4)OC3=O)cc2F)CCN1. The summed E-state index contributed by atoms with van der Waals surface area (Å²) >= 11 is 0. The molecule has 0 bridgehead atoms. The molecule has 0 radical (unpaired) electrons. The van der Waals surface area contributed by atoms with Crippen molar-refractivity contribution in [2.24, 2.45) is 0 Å². The maximum Gasteiger partial charge on any atom is 0.414 e. The van der Waals surface area contributed by atoms with Crippen molar-refractivity contribution >= 4 is 34.3 Å². The molecule has 2 saturated heterocycles. The first-order valence-corrected chi connectivity index (χ1v) is 12.5. The average molecular weight is 537 g/mol. The molecule has 0 saturated carbocycles. The van der Waals surface area contributed by atoms with Crippen LogP contribution in [0, 0.1) is 11.6 Å². The smallest absolute Gasteiger partial charge is 0.414 e. The number of amides is 2. The molecule has 0 spiro atoms. The molecule has 3 aliphatic heterocycles. The van der Waals surface area contributed by atoms with Crippen molar-refractivity contribution in [2.75, 3.05) is 49.1 Å². The van der Waals surface area contributed by atoms with Crippen molar-refractivity contribution in [1.29, 1.82) is 0 Å². The fourth-order valence-corrected chi connectivity index (χ4v) is 4.92. The second-order valence-corrected chi connectivity index (χ2v) is 9.37. The number of fused-ring (bicyclic) bond motifs is 1. The van der Waals surface area contributed by atoms with Gasteiger partial charge in [-0.3, -0.25) is 24.7 Å². The maximum absolute atomic E-state index is 15.3. The van der Waals surface area contributed by atoms with E-state index in [0.717, 1.165) is 23.0 Å². The Morgan fingerprint density at radius 2 is 1.92 bits per heavy atom. The van der Waals surface area contributed by atoms with Crippen LogP contribution in [0.1, 0.15) is 10.4 Å². The third-order valence-corrected chi connectivity index (χ3v) is 6.81. The van der Waals surface area contributed by atoms with Gasteiger partial charge < -0.3 is 15.1 Å². The third kappa shape index (κ3) is 5.01. The van der Waals surface area contributed by atoms with Gasteiger partial charge in [0, 0.05) is 55.7 Å². The van der Waals surface area contributed by atoms with Gasteiger partial charge >= 0.3 is 6.09 Å². The van der Waals surface area contributed by atoms with E-state index in [0.29, 0.717) is 18.7 Å². The Bertz CT molecular complexity index is 1430. The molecule has 11 nitrogen and oxygen atoms in total. The number of carbonyl (C=O) groups excluding carboxylic acids is 2. The summed E-state index contributed by atoms with van der Waals surface area (Å²) in [6.07, 6.45) is 3.80. The minimum Gasteiger partial charge on any atom is -0.442 e. The summed E-state index contributed by atoms with van der Waals surface area (Å²) in [5, 5.41) is 3.98. The number of benzene rings is 2. The van der Waals surface area contributed by atoms with Crippen LogP contribution in [0.15, 0.2) is 61.1 Å². The predicted octanol–water partition coefficient (Wildman–Crippen LogP) is 2.10. The number of carbonyl (C=O) groups is 2. The van der Waals surface area contributed by atoms with Gasteiger partial charge in [0.1, 0.15) is 11.8 Å². The number of para-hydroxylation sites is 1. The number of hydrogen-bond donors (Lipinski definition) is 3. The molecule has 2 fully saturated rings. The predicted molar refractivity (Wildman–Crippen MR) is 139 cm³/mol. The van der Waals surface area contributed by atoms with Gasteiger partial charge in [0.2, 0.25) is 0 Å². The number of ether oxygens (including phenoxy) is 1. The Morgan fingerprint density at radius 1 is 1.10 bits per heavy atom. The minimum atomic E-state index is -0.798. The van der Waals surface area contributed by atoms with Gasteiger partial charge in [0.15, 0.2) is 11.6 Å². The first-order valence-electron chi connectivity index (χ1n) is 12.5. The van der Waals surface area contributed by atoms with Crippen molar-refractivity contribution in [2.45, 2.75) is 6.10 Å². The molecule has 6 rings (SSSR count). The van der Waals surface area contributed by atoms with E-state index in [1.165, 1.54) is 16.1 Å². The van der Waals surface area contributed by atoms with Gasteiger partial charge in [0.05, 0.1) is 36.4 Å². The number of cyclic esters (lactones) is 1. The fourth-order valence-electron chi connectivity index (χ4n) is 4.92. The lowest BCUT2D eigenvalue weighted by molar-refractivity contribution is 0.0681. The summed E-state index contributed by atoms with van der Waals surface area (Å²) in [6.45, 7) is 1.47. The third-order valence-electron chi connectivity index (χ3n) is 6.81. The topological polar surface area (TPSA) is 105 Å². The summed E-state index contributed by atoms with van der Waals surface area (Å²) in [5.74, 6) is -1.87. The molecule has 0 unspecified atom stereocenters. The summed E-state index contributed by atoms with van der Waals surface area (Å²) in [4.78, 5) is 32.7. The summed E-state index contributed by atoms with van der Waals surface area (Å²) in [5.41, 5.74) is 9.76. The van der Waals surface area contributed by atoms with E-state index in [1.807, 2.05) is 24.3 Å². The highest BCUT2D eigenvalue weighted by Crippen LogP contribution is 2.31. The lowest BCUT2D eigenvalue weighted by Crippen LogP contribution is -2.43. The van der Waals surface area contributed by atoms with E-state index in [1.54, 1.807) is 28.4 Å². The van der Waals surface area contributed by atoms with Crippen LogP contribution in [-0.2, 0) is 4.74 Å². The van der Waals surface area contributed by atoms with Crippen LogP contribution < -0.4 is 26.2 Å². The Hall–Kier alpha value is -4.49. The number of pyridine rings is 1. The van der Waals surface area contributed by atoms with Crippen LogP contribution >= 0.6 is 0 Å². The number of halogens is 2. The van der Waals surface area contributed by atoms with Crippen molar-refractivity contribution in [3.63, 3.8) is 0 Å².